The lowest BCUT2D eigenvalue weighted by molar-refractivity contribution is -0.132. The Morgan fingerprint density at radius 1 is 1.25 bits per heavy atom. The van der Waals surface area contributed by atoms with E-state index in [1.54, 1.807) is 6.07 Å². The molecule has 0 amide bonds. The summed E-state index contributed by atoms with van der Waals surface area (Å²) in [5.41, 5.74) is 1.17. The van der Waals surface area contributed by atoms with Crippen LogP contribution in [0.3, 0.4) is 0 Å². The Morgan fingerprint density at radius 3 is 2.56 bits per heavy atom. The zero-order chi connectivity index (χ0) is 12.0. The predicted octanol–water partition coefficient (Wildman–Crippen LogP) is 2.96. The van der Waals surface area contributed by atoms with Crippen LogP contribution in [0.1, 0.15) is 32.8 Å². The maximum atomic E-state index is 10.9. The molecule has 3 heteroatoms. The molecule has 1 rings (SSSR count). The Bertz CT molecular complexity index is 358. The van der Waals surface area contributed by atoms with E-state index in [-0.39, 0.29) is 5.97 Å². The number of hydrogen-bond acceptors (Lipinski definition) is 3. The third-order valence-corrected chi connectivity index (χ3v) is 2.13. The fraction of sp³-hybridized carbons (Fsp3) is 0.462. The Hall–Kier alpha value is -1.51. The van der Waals surface area contributed by atoms with Gasteiger partial charge in [0.05, 0.1) is 6.61 Å². The van der Waals surface area contributed by atoms with Gasteiger partial charge in [0.1, 0.15) is 0 Å². The smallest absolute Gasteiger partial charge is 0.308 e. The molecule has 0 saturated heterocycles. The second-order valence-electron chi connectivity index (χ2n) is 3.58. The fourth-order valence-electron chi connectivity index (χ4n) is 1.34. The van der Waals surface area contributed by atoms with Crippen molar-refractivity contribution in [1.82, 2.24) is 0 Å². The van der Waals surface area contributed by atoms with Gasteiger partial charge in [0.15, 0.2) is 11.5 Å². The summed E-state index contributed by atoms with van der Waals surface area (Å²) in [5.74, 6) is 0.820. The minimum atomic E-state index is -0.328. The molecule has 0 aliphatic heterocycles. The van der Waals surface area contributed by atoms with Gasteiger partial charge in [-0.15, -0.1) is 0 Å². The van der Waals surface area contributed by atoms with Crippen molar-refractivity contribution in [3.05, 3.63) is 23.8 Å². The molecule has 16 heavy (non-hydrogen) atoms. The summed E-state index contributed by atoms with van der Waals surface area (Å²) in [5, 5.41) is 0. The van der Waals surface area contributed by atoms with Crippen LogP contribution in [-0.2, 0) is 11.2 Å². The lowest BCUT2D eigenvalue weighted by Crippen LogP contribution is -2.05. The molecule has 0 spiro atoms. The first-order valence-electron chi connectivity index (χ1n) is 5.61. The van der Waals surface area contributed by atoms with E-state index in [0.29, 0.717) is 18.1 Å². The molecular formula is C13H18O3. The summed E-state index contributed by atoms with van der Waals surface area (Å²) in [6.07, 6.45) is 1.86. The Kier molecular flexibility index (Phi) is 4.83. The molecule has 0 unspecified atom stereocenters. The predicted molar refractivity (Wildman–Crippen MR) is 62.9 cm³/mol. The maximum absolute atomic E-state index is 10.9. The van der Waals surface area contributed by atoms with Gasteiger partial charge in [0, 0.05) is 6.92 Å². The van der Waals surface area contributed by atoms with Crippen LogP contribution in [0, 0.1) is 0 Å². The van der Waals surface area contributed by atoms with Crippen molar-refractivity contribution < 1.29 is 14.3 Å². The molecular weight excluding hydrogens is 204 g/mol. The maximum Gasteiger partial charge on any atom is 0.308 e. The first-order valence-corrected chi connectivity index (χ1v) is 5.61. The lowest BCUT2D eigenvalue weighted by atomic mass is 10.1. The van der Waals surface area contributed by atoms with Crippen LogP contribution in [0.5, 0.6) is 11.5 Å². The number of ether oxygens (including phenoxy) is 2. The zero-order valence-corrected chi connectivity index (χ0v) is 10.1. The molecule has 0 atom stereocenters. The number of benzene rings is 1. The van der Waals surface area contributed by atoms with Crippen LogP contribution < -0.4 is 9.47 Å². The fourth-order valence-corrected chi connectivity index (χ4v) is 1.34. The van der Waals surface area contributed by atoms with Gasteiger partial charge in [-0.05, 0) is 30.5 Å². The first kappa shape index (κ1) is 12.6. The quantitative estimate of drug-likeness (QED) is 0.567. The van der Waals surface area contributed by atoms with Crippen LogP contribution in [-0.4, -0.2) is 12.6 Å². The van der Waals surface area contributed by atoms with E-state index in [0.717, 1.165) is 12.8 Å². The van der Waals surface area contributed by atoms with E-state index in [1.807, 2.05) is 19.1 Å². The summed E-state index contributed by atoms with van der Waals surface area (Å²) in [4.78, 5) is 10.9. The minimum Gasteiger partial charge on any atom is -0.490 e. The van der Waals surface area contributed by atoms with Crippen molar-refractivity contribution in [2.24, 2.45) is 0 Å². The van der Waals surface area contributed by atoms with Gasteiger partial charge in [-0.1, -0.05) is 19.9 Å². The van der Waals surface area contributed by atoms with Crippen molar-refractivity contribution in [2.45, 2.75) is 33.6 Å². The van der Waals surface area contributed by atoms with Gasteiger partial charge in [-0.3, -0.25) is 4.79 Å². The second kappa shape index (κ2) is 6.16. The Morgan fingerprint density at radius 2 is 2.00 bits per heavy atom. The van der Waals surface area contributed by atoms with Crippen LogP contribution >= 0.6 is 0 Å². The molecule has 0 aliphatic carbocycles. The molecule has 0 N–H and O–H groups in total. The largest absolute Gasteiger partial charge is 0.490 e. The average molecular weight is 222 g/mol. The van der Waals surface area contributed by atoms with Gasteiger partial charge in [0.25, 0.3) is 0 Å². The van der Waals surface area contributed by atoms with Gasteiger partial charge >= 0.3 is 5.97 Å². The Labute approximate surface area is 96.4 Å². The highest BCUT2D eigenvalue weighted by molar-refractivity contribution is 5.70. The Balaban J connectivity index is 2.91. The van der Waals surface area contributed by atoms with Crippen LogP contribution in [0.25, 0.3) is 0 Å². The molecule has 1 aromatic rings. The van der Waals surface area contributed by atoms with E-state index in [9.17, 15) is 4.79 Å². The molecule has 0 radical (unpaired) electrons. The van der Waals surface area contributed by atoms with Crippen molar-refractivity contribution in [3.8, 4) is 11.5 Å². The molecule has 3 nitrogen and oxygen atoms in total. The van der Waals surface area contributed by atoms with E-state index < -0.39 is 0 Å². The number of rotatable bonds is 5. The molecule has 0 fully saturated rings. The molecule has 0 heterocycles. The summed E-state index contributed by atoms with van der Waals surface area (Å²) in [6, 6.07) is 5.65. The third kappa shape index (κ3) is 3.57. The normalized spacial score (nSPS) is 9.94. The van der Waals surface area contributed by atoms with Crippen molar-refractivity contribution in [1.29, 1.82) is 0 Å². The van der Waals surface area contributed by atoms with E-state index in [1.165, 1.54) is 12.5 Å². The highest BCUT2D eigenvalue weighted by Gasteiger charge is 2.08. The highest BCUT2D eigenvalue weighted by Crippen LogP contribution is 2.28. The number of aryl methyl sites for hydroxylation is 1. The topological polar surface area (TPSA) is 35.5 Å². The van der Waals surface area contributed by atoms with Crippen LogP contribution in [0.15, 0.2) is 18.2 Å². The highest BCUT2D eigenvalue weighted by atomic mass is 16.6. The number of esters is 1. The molecule has 0 bridgehead atoms. The molecule has 0 saturated carbocycles. The number of carbonyl (C=O) groups excluding carboxylic acids is 1. The standard InChI is InChI=1S/C13H18O3/c1-4-8-15-13-9-11(5-2)6-7-12(13)16-10(3)14/h6-7,9H,4-5,8H2,1-3H3. The zero-order valence-electron chi connectivity index (χ0n) is 10.1. The van der Waals surface area contributed by atoms with Gasteiger partial charge in [0.2, 0.25) is 0 Å². The monoisotopic (exact) mass is 222 g/mol. The molecule has 88 valence electrons. The van der Waals surface area contributed by atoms with Gasteiger partial charge in [-0.2, -0.15) is 0 Å². The molecule has 0 aromatic heterocycles. The number of carbonyl (C=O) groups is 1. The SMILES string of the molecule is CCCOc1cc(CC)ccc1OC(C)=O. The summed E-state index contributed by atoms with van der Waals surface area (Å²) in [7, 11) is 0. The van der Waals surface area contributed by atoms with Crippen molar-refractivity contribution >= 4 is 5.97 Å². The molecule has 1 aromatic carbocycles. The van der Waals surface area contributed by atoms with Crippen LogP contribution in [0.2, 0.25) is 0 Å². The van der Waals surface area contributed by atoms with Crippen molar-refractivity contribution in [2.75, 3.05) is 6.61 Å². The van der Waals surface area contributed by atoms with Gasteiger partial charge in [-0.25, -0.2) is 0 Å². The summed E-state index contributed by atoms with van der Waals surface area (Å²) >= 11 is 0. The van der Waals surface area contributed by atoms with E-state index in [2.05, 4.69) is 6.92 Å². The second-order valence-corrected chi connectivity index (χ2v) is 3.58. The van der Waals surface area contributed by atoms with E-state index in [4.69, 9.17) is 9.47 Å². The number of hydrogen-bond donors (Lipinski definition) is 0. The van der Waals surface area contributed by atoms with Crippen LogP contribution in [0.4, 0.5) is 0 Å². The molecule has 0 aliphatic rings. The summed E-state index contributed by atoms with van der Waals surface area (Å²) in [6.45, 7) is 6.12. The van der Waals surface area contributed by atoms with Crippen molar-refractivity contribution in [3.63, 3.8) is 0 Å². The third-order valence-electron chi connectivity index (χ3n) is 2.13. The van der Waals surface area contributed by atoms with E-state index >= 15 is 0 Å². The van der Waals surface area contributed by atoms with Gasteiger partial charge < -0.3 is 9.47 Å². The average Bonchev–Trinajstić information content (AvgIpc) is 2.27. The first-order chi connectivity index (χ1) is 7.67. The lowest BCUT2D eigenvalue weighted by Gasteiger charge is -2.11. The summed E-state index contributed by atoms with van der Waals surface area (Å²) < 4.78 is 10.6. The minimum absolute atomic E-state index is 0.328.